The summed E-state index contributed by atoms with van der Waals surface area (Å²) in [5, 5.41) is 0. The summed E-state index contributed by atoms with van der Waals surface area (Å²) in [7, 11) is 0. The van der Waals surface area contributed by atoms with E-state index in [9.17, 15) is 4.39 Å². The van der Waals surface area contributed by atoms with Crippen molar-refractivity contribution in [1.29, 1.82) is 0 Å². The van der Waals surface area contributed by atoms with Gasteiger partial charge < -0.3 is 4.74 Å². The Labute approximate surface area is 149 Å². The van der Waals surface area contributed by atoms with Crippen molar-refractivity contribution in [3.05, 3.63) is 65.5 Å². The topological polar surface area (TPSA) is 12.5 Å². The van der Waals surface area contributed by atoms with Crippen molar-refractivity contribution in [2.24, 2.45) is 11.8 Å². The molecule has 3 fully saturated rings. The predicted octanol–water partition coefficient (Wildman–Crippen LogP) is 4.81. The molecule has 2 aromatic rings. The standard InChI is InChI=1S/C22H26FNO/c1-15-3-5-17(6-4-15)13-24-20-11-18(12-20)16(2)22(24)14-25-21-9-7-19(23)8-10-21/h3-10,16,18,20,22H,11-14H2,1-2H3/t16-,18?,20?,22+/m0/s1. The van der Waals surface area contributed by atoms with Crippen molar-refractivity contribution >= 4 is 0 Å². The number of nitrogens with zero attached hydrogens (tertiary/aromatic N) is 1. The van der Waals surface area contributed by atoms with Gasteiger partial charge in [-0.25, -0.2) is 4.39 Å². The number of ether oxygens (including phenoxy) is 1. The maximum absolute atomic E-state index is 13.1. The van der Waals surface area contributed by atoms with E-state index >= 15 is 0 Å². The predicted molar refractivity (Wildman–Crippen MR) is 98.1 cm³/mol. The van der Waals surface area contributed by atoms with Gasteiger partial charge in [0.05, 0.1) is 0 Å². The van der Waals surface area contributed by atoms with Crippen LogP contribution in [-0.2, 0) is 6.54 Å². The quantitative estimate of drug-likeness (QED) is 0.775. The second kappa shape index (κ2) is 6.80. The highest BCUT2D eigenvalue weighted by atomic mass is 19.1. The van der Waals surface area contributed by atoms with E-state index in [-0.39, 0.29) is 5.82 Å². The molecule has 3 aliphatic rings. The van der Waals surface area contributed by atoms with Gasteiger partial charge in [-0.1, -0.05) is 36.8 Å². The maximum atomic E-state index is 13.1. The molecular weight excluding hydrogens is 313 g/mol. The number of rotatable bonds is 5. The van der Waals surface area contributed by atoms with Crippen LogP contribution in [0.15, 0.2) is 48.5 Å². The lowest BCUT2D eigenvalue weighted by Gasteiger charge is -2.57. The molecule has 5 rings (SSSR count). The lowest BCUT2D eigenvalue weighted by atomic mass is 9.65. The van der Waals surface area contributed by atoms with E-state index in [1.54, 1.807) is 12.1 Å². The molecule has 0 unspecified atom stereocenters. The summed E-state index contributed by atoms with van der Waals surface area (Å²) in [6.45, 7) is 6.15. The molecule has 2 aromatic carbocycles. The van der Waals surface area contributed by atoms with Crippen LogP contribution >= 0.6 is 0 Å². The SMILES string of the molecule is Cc1ccc(CN2C3CC(C3)[C@H](C)[C@H]2COc2ccc(F)cc2)cc1. The average Bonchev–Trinajstić information content (AvgIpc) is 2.56. The minimum Gasteiger partial charge on any atom is -0.492 e. The summed E-state index contributed by atoms with van der Waals surface area (Å²) >= 11 is 0. The number of hydrogen-bond acceptors (Lipinski definition) is 2. The zero-order valence-electron chi connectivity index (χ0n) is 15.0. The molecule has 2 heterocycles. The zero-order chi connectivity index (χ0) is 17.4. The molecule has 2 bridgehead atoms. The molecule has 2 nitrogen and oxygen atoms in total. The Morgan fingerprint density at radius 1 is 1.04 bits per heavy atom. The van der Waals surface area contributed by atoms with Crippen LogP contribution in [0.25, 0.3) is 0 Å². The number of hydrogen-bond donors (Lipinski definition) is 0. The second-order valence-corrected chi connectivity index (χ2v) is 7.73. The smallest absolute Gasteiger partial charge is 0.123 e. The molecule has 0 aromatic heterocycles. The monoisotopic (exact) mass is 339 g/mol. The highest BCUT2D eigenvalue weighted by Gasteiger charge is 2.48. The van der Waals surface area contributed by atoms with Crippen LogP contribution < -0.4 is 4.74 Å². The number of benzene rings is 2. The second-order valence-electron chi connectivity index (χ2n) is 7.73. The lowest BCUT2D eigenvalue weighted by molar-refractivity contribution is -0.0923. The Bertz CT molecular complexity index is 706. The van der Waals surface area contributed by atoms with Crippen LogP contribution in [0.5, 0.6) is 5.75 Å². The molecule has 132 valence electrons. The van der Waals surface area contributed by atoms with Gasteiger partial charge in [-0.3, -0.25) is 4.90 Å². The van der Waals surface area contributed by atoms with Crippen molar-refractivity contribution in [2.75, 3.05) is 6.61 Å². The van der Waals surface area contributed by atoms with Gasteiger partial charge in [0.25, 0.3) is 0 Å². The van der Waals surface area contributed by atoms with Crippen molar-refractivity contribution < 1.29 is 9.13 Å². The molecule has 0 N–H and O–H groups in total. The molecular formula is C22H26FNO. The molecule has 1 saturated carbocycles. The van der Waals surface area contributed by atoms with Crippen LogP contribution in [-0.4, -0.2) is 23.6 Å². The van der Waals surface area contributed by atoms with Gasteiger partial charge in [0.2, 0.25) is 0 Å². The number of aryl methyl sites for hydroxylation is 1. The van der Waals surface area contributed by atoms with E-state index in [0.717, 1.165) is 18.2 Å². The number of fused-ring (bicyclic) bond motifs is 2. The summed E-state index contributed by atoms with van der Waals surface area (Å²) in [4.78, 5) is 2.64. The molecule has 2 aliphatic heterocycles. The molecule has 0 radical (unpaired) electrons. The molecule has 2 atom stereocenters. The Hall–Kier alpha value is -1.87. The van der Waals surface area contributed by atoms with Crippen LogP contribution in [0, 0.1) is 24.6 Å². The normalized spacial score (nSPS) is 28.4. The van der Waals surface area contributed by atoms with E-state index in [0.29, 0.717) is 24.6 Å². The minimum atomic E-state index is -0.222. The van der Waals surface area contributed by atoms with Crippen molar-refractivity contribution in [2.45, 2.75) is 45.3 Å². The first-order valence-corrected chi connectivity index (χ1v) is 9.30. The third kappa shape index (κ3) is 3.43. The number of halogens is 1. The van der Waals surface area contributed by atoms with Crippen LogP contribution in [0.2, 0.25) is 0 Å². The fourth-order valence-electron chi connectivity index (χ4n) is 4.33. The van der Waals surface area contributed by atoms with Crippen molar-refractivity contribution in [3.63, 3.8) is 0 Å². The van der Waals surface area contributed by atoms with E-state index in [4.69, 9.17) is 4.74 Å². The molecule has 25 heavy (non-hydrogen) atoms. The number of piperidine rings is 2. The highest BCUT2D eigenvalue weighted by Crippen LogP contribution is 2.47. The Morgan fingerprint density at radius 3 is 2.40 bits per heavy atom. The molecule has 3 heteroatoms. The first-order valence-electron chi connectivity index (χ1n) is 9.30. The van der Waals surface area contributed by atoms with E-state index in [1.165, 1.54) is 36.1 Å². The Balaban J connectivity index is 1.46. The molecule has 2 saturated heterocycles. The highest BCUT2D eigenvalue weighted by molar-refractivity contribution is 5.23. The lowest BCUT2D eigenvalue weighted by Crippen LogP contribution is -2.62. The van der Waals surface area contributed by atoms with E-state index in [1.807, 2.05) is 0 Å². The summed E-state index contributed by atoms with van der Waals surface area (Å²) in [6, 6.07) is 16.3. The molecule has 0 spiro atoms. The first-order chi connectivity index (χ1) is 12.1. The van der Waals surface area contributed by atoms with Crippen LogP contribution in [0.1, 0.15) is 30.9 Å². The van der Waals surface area contributed by atoms with Gasteiger partial charge in [0.1, 0.15) is 18.2 Å². The first kappa shape index (κ1) is 16.6. The summed E-state index contributed by atoms with van der Waals surface area (Å²) < 4.78 is 19.1. The van der Waals surface area contributed by atoms with E-state index < -0.39 is 0 Å². The van der Waals surface area contributed by atoms with Gasteiger partial charge in [0.15, 0.2) is 0 Å². The summed E-state index contributed by atoms with van der Waals surface area (Å²) in [5.41, 5.74) is 2.67. The summed E-state index contributed by atoms with van der Waals surface area (Å²) in [6.07, 6.45) is 2.64. The van der Waals surface area contributed by atoms with Crippen molar-refractivity contribution in [3.8, 4) is 5.75 Å². The molecule has 1 aliphatic carbocycles. The third-order valence-corrected chi connectivity index (χ3v) is 6.12. The van der Waals surface area contributed by atoms with Gasteiger partial charge >= 0.3 is 0 Å². The maximum Gasteiger partial charge on any atom is 0.123 e. The van der Waals surface area contributed by atoms with Gasteiger partial charge in [-0.2, -0.15) is 0 Å². The minimum absolute atomic E-state index is 0.222. The van der Waals surface area contributed by atoms with Gasteiger partial charge in [-0.15, -0.1) is 0 Å². The Morgan fingerprint density at radius 2 is 1.72 bits per heavy atom. The van der Waals surface area contributed by atoms with E-state index in [2.05, 4.69) is 43.0 Å². The third-order valence-electron chi connectivity index (χ3n) is 6.12. The zero-order valence-corrected chi connectivity index (χ0v) is 15.0. The molecule has 0 amide bonds. The average molecular weight is 339 g/mol. The van der Waals surface area contributed by atoms with Crippen molar-refractivity contribution in [1.82, 2.24) is 4.90 Å². The van der Waals surface area contributed by atoms with Crippen LogP contribution in [0.4, 0.5) is 4.39 Å². The fourth-order valence-corrected chi connectivity index (χ4v) is 4.33. The summed E-state index contributed by atoms with van der Waals surface area (Å²) in [5.74, 6) is 2.00. The van der Waals surface area contributed by atoms with Gasteiger partial charge in [0, 0.05) is 18.6 Å². The fraction of sp³-hybridized carbons (Fsp3) is 0.455. The van der Waals surface area contributed by atoms with Crippen LogP contribution in [0.3, 0.4) is 0 Å². The Kier molecular flexibility index (Phi) is 4.51. The largest absolute Gasteiger partial charge is 0.492 e. The van der Waals surface area contributed by atoms with Gasteiger partial charge in [-0.05, 0) is 61.4 Å².